The lowest BCUT2D eigenvalue weighted by molar-refractivity contribution is -0.161. The molecule has 28 heavy (non-hydrogen) atoms. The van der Waals surface area contributed by atoms with E-state index in [0.717, 1.165) is 25.0 Å². The lowest BCUT2D eigenvalue weighted by Crippen LogP contribution is -2.46. The normalized spacial score (nSPS) is 26.8. The van der Waals surface area contributed by atoms with Gasteiger partial charge in [-0.25, -0.2) is 9.59 Å². The Kier molecular flexibility index (Phi) is 10.7. The minimum atomic E-state index is -0.692. The molecule has 1 saturated heterocycles. The number of amides is 1. The molecule has 0 spiro atoms. The van der Waals surface area contributed by atoms with E-state index >= 15 is 0 Å². The van der Waals surface area contributed by atoms with Gasteiger partial charge in [-0.1, -0.05) is 20.3 Å². The molecule has 0 aliphatic carbocycles. The molecule has 1 rings (SSSR count). The molecule has 0 saturated carbocycles. The molecular weight excluding hydrogens is 378 g/mol. The van der Waals surface area contributed by atoms with E-state index < -0.39 is 23.7 Å². The Morgan fingerprint density at radius 2 is 2.00 bits per heavy atom. The van der Waals surface area contributed by atoms with Crippen LogP contribution in [0.3, 0.4) is 0 Å². The third-order valence-electron chi connectivity index (χ3n) is 4.59. The van der Waals surface area contributed by atoms with Crippen LogP contribution in [0.4, 0.5) is 4.79 Å². The summed E-state index contributed by atoms with van der Waals surface area (Å²) < 4.78 is 17.2. The molecule has 4 unspecified atom stereocenters. The fourth-order valence-electron chi connectivity index (χ4n) is 3.32. The molecule has 4 atom stereocenters. The Labute approximate surface area is 174 Å². The molecule has 1 aliphatic rings. The van der Waals surface area contributed by atoms with Crippen LogP contribution >= 0.6 is 11.8 Å². The van der Waals surface area contributed by atoms with Gasteiger partial charge in [0.05, 0.1) is 6.10 Å². The monoisotopic (exact) mass is 417 g/mol. The summed E-state index contributed by atoms with van der Waals surface area (Å²) in [4.78, 5) is 24.8. The van der Waals surface area contributed by atoms with Crippen molar-refractivity contribution in [3.05, 3.63) is 0 Å². The average Bonchev–Trinajstić information content (AvgIpc) is 2.60. The van der Waals surface area contributed by atoms with Crippen LogP contribution in [0.2, 0.25) is 0 Å². The maximum Gasteiger partial charge on any atom is 0.408 e. The van der Waals surface area contributed by atoms with Crippen molar-refractivity contribution in [2.24, 2.45) is 11.8 Å². The van der Waals surface area contributed by atoms with Gasteiger partial charge in [-0.15, -0.1) is 0 Å². The Bertz CT molecular complexity index is 492. The molecule has 6 nitrogen and oxygen atoms in total. The van der Waals surface area contributed by atoms with E-state index in [0.29, 0.717) is 24.9 Å². The van der Waals surface area contributed by atoms with Crippen LogP contribution < -0.4 is 5.32 Å². The number of thioether (sulfide) groups is 1. The van der Waals surface area contributed by atoms with Gasteiger partial charge in [-0.05, 0) is 70.8 Å². The summed E-state index contributed by atoms with van der Waals surface area (Å²) >= 11 is 1.82. The van der Waals surface area contributed by atoms with E-state index in [4.69, 9.17) is 14.2 Å². The Balaban J connectivity index is 2.86. The highest BCUT2D eigenvalue weighted by Crippen LogP contribution is 2.28. The quantitative estimate of drug-likeness (QED) is 0.619. The van der Waals surface area contributed by atoms with Crippen molar-refractivity contribution in [1.29, 1.82) is 0 Å². The number of ether oxygens (including phenoxy) is 3. The molecule has 0 aromatic carbocycles. The topological polar surface area (TPSA) is 73.9 Å². The number of nitrogens with one attached hydrogen (secondary N) is 1. The van der Waals surface area contributed by atoms with Crippen molar-refractivity contribution in [3.8, 4) is 0 Å². The van der Waals surface area contributed by atoms with E-state index in [2.05, 4.69) is 25.4 Å². The van der Waals surface area contributed by atoms with Crippen LogP contribution in [0.5, 0.6) is 0 Å². The summed E-state index contributed by atoms with van der Waals surface area (Å²) in [5.41, 5.74) is -0.613. The minimum Gasteiger partial charge on any atom is -0.458 e. The first-order valence-electron chi connectivity index (χ1n) is 10.3. The largest absolute Gasteiger partial charge is 0.458 e. The van der Waals surface area contributed by atoms with Crippen LogP contribution in [-0.4, -0.2) is 54.5 Å². The lowest BCUT2D eigenvalue weighted by Gasteiger charge is -2.31. The van der Waals surface area contributed by atoms with Crippen LogP contribution in [0.1, 0.15) is 67.2 Å². The van der Waals surface area contributed by atoms with Crippen molar-refractivity contribution in [2.45, 2.75) is 91.1 Å². The third kappa shape index (κ3) is 9.50. The summed E-state index contributed by atoms with van der Waals surface area (Å²) in [6.45, 7) is 12.1. The van der Waals surface area contributed by atoms with Crippen LogP contribution in [-0.2, 0) is 19.0 Å². The van der Waals surface area contributed by atoms with E-state index in [1.165, 1.54) is 0 Å². The SMILES string of the molecule is CSCCC1CCCC(NC(=O)OC(C)(C)C)C(=O)OC(C)C1OCC(C)C. The first-order chi connectivity index (χ1) is 13.0. The fraction of sp³-hybridized carbons (Fsp3) is 0.905. The summed E-state index contributed by atoms with van der Waals surface area (Å²) in [6, 6.07) is -0.692. The molecule has 164 valence electrons. The number of carbonyl (C=O) groups is 2. The van der Waals surface area contributed by atoms with Crippen molar-refractivity contribution >= 4 is 23.8 Å². The van der Waals surface area contributed by atoms with Crippen molar-refractivity contribution < 1.29 is 23.8 Å². The highest BCUT2D eigenvalue weighted by molar-refractivity contribution is 7.98. The predicted molar refractivity (Wildman–Crippen MR) is 114 cm³/mol. The minimum absolute atomic E-state index is 0.126. The number of alkyl carbamates (subject to hydrolysis) is 1. The van der Waals surface area contributed by atoms with Gasteiger partial charge in [0.15, 0.2) is 0 Å². The van der Waals surface area contributed by atoms with Crippen molar-refractivity contribution in [2.75, 3.05) is 18.6 Å². The van der Waals surface area contributed by atoms with Crippen molar-refractivity contribution in [1.82, 2.24) is 5.32 Å². The van der Waals surface area contributed by atoms with Gasteiger partial charge < -0.3 is 19.5 Å². The smallest absolute Gasteiger partial charge is 0.408 e. The van der Waals surface area contributed by atoms with Gasteiger partial charge in [0, 0.05) is 6.61 Å². The van der Waals surface area contributed by atoms with E-state index in [1.54, 1.807) is 20.8 Å². The van der Waals surface area contributed by atoms with Gasteiger partial charge in [0.25, 0.3) is 0 Å². The fourth-order valence-corrected chi connectivity index (χ4v) is 3.85. The molecule has 0 aromatic heterocycles. The molecule has 1 amide bonds. The number of hydrogen-bond acceptors (Lipinski definition) is 6. The van der Waals surface area contributed by atoms with Crippen LogP contribution in [0.15, 0.2) is 0 Å². The van der Waals surface area contributed by atoms with E-state index in [-0.39, 0.29) is 12.2 Å². The zero-order valence-electron chi connectivity index (χ0n) is 18.6. The van der Waals surface area contributed by atoms with Gasteiger partial charge in [-0.2, -0.15) is 11.8 Å². The number of carbonyl (C=O) groups excluding carboxylic acids is 2. The van der Waals surface area contributed by atoms with Gasteiger partial charge in [-0.3, -0.25) is 0 Å². The number of hydrogen-bond donors (Lipinski definition) is 1. The van der Waals surface area contributed by atoms with Gasteiger partial charge in [0.2, 0.25) is 0 Å². The molecule has 0 bridgehead atoms. The molecule has 1 N–H and O–H groups in total. The molecule has 1 aliphatic heterocycles. The van der Waals surface area contributed by atoms with Gasteiger partial charge >= 0.3 is 12.1 Å². The zero-order valence-corrected chi connectivity index (χ0v) is 19.4. The average molecular weight is 418 g/mol. The Morgan fingerprint density at radius 1 is 1.32 bits per heavy atom. The number of rotatable bonds is 7. The molecular formula is C21H39NO5S. The molecule has 1 heterocycles. The molecule has 1 fully saturated rings. The van der Waals surface area contributed by atoms with Crippen molar-refractivity contribution in [3.63, 3.8) is 0 Å². The van der Waals surface area contributed by atoms with Crippen LogP contribution in [0.25, 0.3) is 0 Å². The highest BCUT2D eigenvalue weighted by atomic mass is 32.2. The summed E-state index contributed by atoms with van der Waals surface area (Å²) in [5.74, 6) is 1.38. The number of cyclic esters (lactones) is 1. The first kappa shape index (κ1) is 25.1. The standard InChI is InChI=1S/C21H39NO5S/c1-14(2)13-25-18-15(3)26-19(23)17(22-20(24)27-21(4,5)6)10-8-9-16(18)11-12-28-7/h14-18H,8-13H2,1-7H3,(H,22,24). The second-order valence-electron chi connectivity index (χ2n) is 9.01. The predicted octanol–water partition coefficient (Wildman–Crippen LogP) is 4.41. The first-order valence-corrected chi connectivity index (χ1v) is 11.7. The van der Waals surface area contributed by atoms with E-state index in [1.807, 2.05) is 18.7 Å². The van der Waals surface area contributed by atoms with E-state index in [9.17, 15) is 9.59 Å². The maximum atomic E-state index is 12.7. The lowest BCUT2D eigenvalue weighted by atomic mass is 9.90. The van der Waals surface area contributed by atoms with Gasteiger partial charge in [0.1, 0.15) is 17.7 Å². The summed E-state index contributed by atoms with van der Waals surface area (Å²) in [5, 5.41) is 2.68. The molecule has 0 aromatic rings. The third-order valence-corrected chi connectivity index (χ3v) is 5.23. The number of esters is 1. The summed E-state index contributed by atoms with van der Waals surface area (Å²) in [7, 11) is 0. The Morgan fingerprint density at radius 3 is 2.57 bits per heavy atom. The molecule has 7 heteroatoms. The Hall–Kier alpha value is -0.950. The zero-order chi connectivity index (χ0) is 21.3. The van der Waals surface area contributed by atoms with Crippen LogP contribution in [0, 0.1) is 11.8 Å². The molecule has 0 radical (unpaired) electrons. The summed E-state index contributed by atoms with van der Waals surface area (Å²) in [6.07, 6.45) is 4.35. The second kappa shape index (κ2) is 11.9. The maximum absolute atomic E-state index is 12.7. The highest BCUT2D eigenvalue weighted by Gasteiger charge is 2.35. The second-order valence-corrected chi connectivity index (χ2v) is 9.99.